The van der Waals surface area contributed by atoms with Gasteiger partial charge < -0.3 is 11.5 Å². The van der Waals surface area contributed by atoms with Crippen LogP contribution in [0.15, 0.2) is 18.2 Å². The minimum Gasteiger partial charge on any atom is -0.399 e. The number of Topliss-reactive ketones (excluding diaryl/α,β-unsaturated/α-hetero) is 1. The zero-order valence-electron chi connectivity index (χ0n) is 7.25. The van der Waals surface area contributed by atoms with Crippen molar-refractivity contribution >= 4 is 28.8 Å². The molecular formula is C9H11ClN2O. The summed E-state index contributed by atoms with van der Waals surface area (Å²) in [4.78, 5) is 11.4. The Balaban J connectivity index is 3.08. The van der Waals surface area contributed by atoms with Gasteiger partial charge >= 0.3 is 0 Å². The molecule has 0 aliphatic rings. The van der Waals surface area contributed by atoms with Crippen LogP contribution < -0.4 is 11.5 Å². The topological polar surface area (TPSA) is 69.1 Å². The molecule has 1 aromatic carbocycles. The van der Waals surface area contributed by atoms with Gasteiger partial charge in [0.25, 0.3) is 0 Å². The van der Waals surface area contributed by atoms with E-state index in [2.05, 4.69) is 0 Å². The van der Waals surface area contributed by atoms with Crippen LogP contribution in [0.25, 0.3) is 0 Å². The minimum absolute atomic E-state index is 0.166. The first-order valence-electron chi connectivity index (χ1n) is 3.85. The van der Waals surface area contributed by atoms with Crippen LogP contribution in [0.4, 0.5) is 11.4 Å². The van der Waals surface area contributed by atoms with E-state index in [0.717, 1.165) is 0 Å². The summed E-state index contributed by atoms with van der Waals surface area (Å²) >= 11 is 5.64. The summed E-state index contributed by atoms with van der Waals surface area (Å²) < 4.78 is 0. The molecule has 0 aromatic heterocycles. The highest BCUT2D eigenvalue weighted by Gasteiger charge is 2.12. The van der Waals surface area contributed by atoms with Gasteiger partial charge in [-0.25, -0.2) is 0 Å². The lowest BCUT2D eigenvalue weighted by molar-refractivity contribution is 0.0992. The Morgan fingerprint density at radius 1 is 1.31 bits per heavy atom. The van der Waals surface area contributed by atoms with Crippen molar-refractivity contribution in [2.24, 2.45) is 0 Å². The number of carbonyl (C=O) groups is 1. The van der Waals surface area contributed by atoms with Gasteiger partial charge in [-0.3, -0.25) is 4.79 Å². The van der Waals surface area contributed by atoms with E-state index < -0.39 is 5.38 Å². The molecule has 0 saturated carbocycles. The maximum absolute atomic E-state index is 11.4. The number of benzene rings is 1. The SMILES string of the molecule is CC(Cl)C(=O)c1cc(N)cc(N)c1. The van der Waals surface area contributed by atoms with Gasteiger partial charge in [-0.2, -0.15) is 0 Å². The Kier molecular flexibility index (Phi) is 2.78. The molecular weight excluding hydrogens is 188 g/mol. The van der Waals surface area contributed by atoms with Gasteiger partial charge in [-0.15, -0.1) is 11.6 Å². The highest BCUT2D eigenvalue weighted by atomic mass is 35.5. The third-order valence-electron chi connectivity index (χ3n) is 1.62. The lowest BCUT2D eigenvalue weighted by Gasteiger charge is -2.04. The van der Waals surface area contributed by atoms with Crippen LogP contribution >= 0.6 is 11.6 Å². The maximum atomic E-state index is 11.4. The first-order valence-corrected chi connectivity index (χ1v) is 4.28. The molecule has 4 heteroatoms. The number of hydrogen-bond donors (Lipinski definition) is 2. The number of hydrogen-bond acceptors (Lipinski definition) is 3. The molecule has 0 aliphatic carbocycles. The molecule has 0 spiro atoms. The number of alkyl halides is 1. The van der Waals surface area contributed by atoms with Gasteiger partial charge in [-0.1, -0.05) is 0 Å². The van der Waals surface area contributed by atoms with Gasteiger partial charge in [0, 0.05) is 16.9 Å². The molecule has 0 radical (unpaired) electrons. The van der Waals surface area contributed by atoms with Crippen LogP contribution in [0.5, 0.6) is 0 Å². The second-order valence-electron chi connectivity index (χ2n) is 2.87. The van der Waals surface area contributed by atoms with E-state index in [9.17, 15) is 4.79 Å². The second-order valence-corrected chi connectivity index (χ2v) is 3.52. The van der Waals surface area contributed by atoms with Gasteiger partial charge in [0.05, 0.1) is 5.38 Å². The molecule has 0 amide bonds. The Hall–Kier alpha value is -1.22. The lowest BCUT2D eigenvalue weighted by Crippen LogP contribution is -2.11. The highest BCUT2D eigenvalue weighted by Crippen LogP contribution is 2.16. The van der Waals surface area contributed by atoms with Crippen LogP contribution in [0.1, 0.15) is 17.3 Å². The summed E-state index contributed by atoms with van der Waals surface area (Å²) in [6.45, 7) is 1.61. The molecule has 0 aliphatic heterocycles. The van der Waals surface area contributed by atoms with Crippen LogP contribution in [0, 0.1) is 0 Å². The van der Waals surface area contributed by atoms with Crippen LogP contribution in [0.3, 0.4) is 0 Å². The van der Waals surface area contributed by atoms with Crippen molar-refractivity contribution in [1.29, 1.82) is 0 Å². The predicted molar refractivity (Wildman–Crippen MR) is 54.9 cm³/mol. The third kappa shape index (κ3) is 2.36. The van der Waals surface area contributed by atoms with Gasteiger partial charge in [-0.05, 0) is 25.1 Å². The molecule has 0 bridgehead atoms. The van der Waals surface area contributed by atoms with E-state index in [0.29, 0.717) is 16.9 Å². The number of halogens is 1. The van der Waals surface area contributed by atoms with Crippen LogP contribution in [-0.2, 0) is 0 Å². The van der Waals surface area contributed by atoms with Crippen LogP contribution in [0.2, 0.25) is 0 Å². The molecule has 1 atom stereocenters. The van der Waals surface area contributed by atoms with Crippen molar-refractivity contribution in [3.8, 4) is 0 Å². The van der Waals surface area contributed by atoms with E-state index in [1.807, 2.05) is 0 Å². The van der Waals surface area contributed by atoms with Gasteiger partial charge in [0.15, 0.2) is 5.78 Å². The zero-order valence-corrected chi connectivity index (χ0v) is 8.01. The monoisotopic (exact) mass is 198 g/mol. The molecule has 70 valence electrons. The molecule has 0 fully saturated rings. The summed E-state index contributed by atoms with van der Waals surface area (Å²) in [6.07, 6.45) is 0. The fourth-order valence-electron chi connectivity index (χ4n) is 1.05. The first-order chi connectivity index (χ1) is 6.00. The first kappa shape index (κ1) is 9.86. The Morgan fingerprint density at radius 3 is 2.15 bits per heavy atom. The number of rotatable bonds is 2. The van der Waals surface area contributed by atoms with Crippen molar-refractivity contribution < 1.29 is 4.79 Å². The Bertz CT molecular complexity index is 316. The smallest absolute Gasteiger partial charge is 0.180 e. The summed E-state index contributed by atoms with van der Waals surface area (Å²) in [7, 11) is 0. The van der Waals surface area contributed by atoms with Crippen molar-refractivity contribution in [3.05, 3.63) is 23.8 Å². The number of ketones is 1. The maximum Gasteiger partial charge on any atom is 0.180 e. The van der Waals surface area contributed by atoms with Crippen molar-refractivity contribution in [2.75, 3.05) is 11.5 Å². The second kappa shape index (κ2) is 3.66. The Labute approximate surface area is 81.7 Å². The fraction of sp³-hybridized carbons (Fsp3) is 0.222. The van der Waals surface area contributed by atoms with E-state index in [-0.39, 0.29) is 5.78 Å². The lowest BCUT2D eigenvalue weighted by atomic mass is 10.1. The summed E-state index contributed by atoms with van der Waals surface area (Å²) in [5, 5.41) is -0.554. The van der Waals surface area contributed by atoms with Crippen molar-refractivity contribution in [1.82, 2.24) is 0 Å². The van der Waals surface area contributed by atoms with Crippen LogP contribution in [-0.4, -0.2) is 11.2 Å². The summed E-state index contributed by atoms with van der Waals surface area (Å²) in [6, 6.07) is 4.73. The minimum atomic E-state index is -0.554. The fourth-order valence-corrected chi connectivity index (χ4v) is 1.17. The predicted octanol–water partition coefficient (Wildman–Crippen LogP) is 1.66. The quantitative estimate of drug-likeness (QED) is 0.432. The average molecular weight is 199 g/mol. The number of nitrogen functional groups attached to an aromatic ring is 2. The summed E-state index contributed by atoms with van der Waals surface area (Å²) in [5.41, 5.74) is 12.4. The molecule has 13 heavy (non-hydrogen) atoms. The number of nitrogens with two attached hydrogens (primary N) is 2. The molecule has 1 aromatic rings. The van der Waals surface area contributed by atoms with E-state index in [1.54, 1.807) is 25.1 Å². The zero-order chi connectivity index (χ0) is 10.0. The normalized spacial score (nSPS) is 12.5. The molecule has 3 nitrogen and oxygen atoms in total. The third-order valence-corrected chi connectivity index (χ3v) is 1.82. The van der Waals surface area contributed by atoms with Crippen molar-refractivity contribution in [2.45, 2.75) is 12.3 Å². The average Bonchev–Trinajstić information content (AvgIpc) is 2.01. The van der Waals surface area contributed by atoms with E-state index >= 15 is 0 Å². The van der Waals surface area contributed by atoms with Gasteiger partial charge in [0.1, 0.15) is 0 Å². The Morgan fingerprint density at radius 2 is 1.77 bits per heavy atom. The molecule has 0 saturated heterocycles. The highest BCUT2D eigenvalue weighted by molar-refractivity contribution is 6.33. The van der Waals surface area contributed by atoms with E-state index in [4.69, 9.17) is 23.1 Å². The summed E-state index contributed by atoms with van der Waals surface area (Å²) in [5.74, 6) is -0.166. The molecule has 0 heterocycles. The number of carbonyl (C=O) groups excluding carboxylic acids is 1. The van der Waals surface area contributed by atoms with Gasteiger partial charge in [0.2, 0.25) is 0 Å². The standard InChI is InChI=1S/C9H11ClN2O/c1-5(10)9(13)6-2-7(11)4-8(12)3-6/h2-5H,11-12H2,1H3. The van der Waals surface area contributed by atoms with Crippen molar-refractivity contribution in [3.63, 3.8) is 0 Å². The molecule has 4 N–H and O–H groups in total. The largest absolute Gasteiger partial charge is 0.399 e. The van der Waals surface area contributed by atoms with E-state index in [1.165, 1.54) is 0 Å². The molecule has 1 rings (SSSR count). The molecule has 1 unspecified atom stereocenters. The number of anilines is 2.